The average molecular weight is 287 g/mol. The second kappa shape index (κ2) is 5.26. The van der Waals surface area contributed by atoms with Crippen LogP contribution in [-0.4, -0.2) is 22.8 Å². The number of imide groups is 1. The Bertz CT molecular complexity index is 466. The van der Waals surface area contributed by atoms with Crippen molar-refractivity contribution in [1.29, 1.82) is 0 Å². The van der Waals surface area contributed by atoms with E-state index < -0.39 is 0 Å². The zero-order valence-electron chi connectivity index (χ0n) is 12.7. The van der Waals surface area contributed by atoms with E-state index in [1.165, 1.54) is 63.5 Å². The van der Waals surface area contributed by atoms with Crippen LogP contribution in [0.2, 0.25) is 0 Å². The van der Waals surface area contributed by atoms with E-state index in [1.807, 2.05) is 0 Å². The molecule has 0 spiro atoms. The van der Waals surface area contributed by atoms with Gasteiger partial charge >= 0.3 is 0 Å². The molecule has 1 aliphatic heterocycles. The number of hydrogen-bond acceptors (Lipinski definition) is 2. The molecule has 5 unspecified atom stereocenters. The van der Waals surface area contributed by atoms with Gasteiger partial charge in [0.25, 0.3) is 11.8 Å². The summed E-state index contributed by atoms with van der Waals surface area (Å²) >= 11 is 0. The Balaban J connectivity index is 1.56. The molecule has 4 aliphatic rings. The molecular weight excluding hydrogens is 262 g/mol. The van der Waals surface area contributed by atoms with E-state index in [2.05, 4.69) is 0 Å². The van der Waals surface area contributed by atoms with Gasteiger partial charge in [-0.1, -0.05) is 38.5 Å². The number of rotatable bonds is 1. The summed E-state index contributed by atoms with van der Waals surface area (Å²) in [5, 5.41) is 0. The number of hydrogen-bond donors (Lipinski definition) is 0. The summed E-state index contributed by atoms with van der Waals surface area (Å²) in [6.07, 6.45) is 14.6. The van der Waals surface area contributed by atoms with Crippen molar-refractivity contribution >= 4 is 11.8 Å². The maximum Gasteiger partial charge on any atom is 0.253 e. The summed E-state index contributed by atoms with van der Waals surface area (Å²) in [5.41, 5.74) is 0. The molecule has 0 bridgehead atoms. The van der Waals surface area contributed by atoms with Crippen molar-refractivity contribution in [2.75, 3.05) is 0 Å². The average Bonchev–Trinajstić information content (AvgIpc) is 2.84. The fraction of sp³-hybridized carbons (Fsp3) is 0.778. The van der Waals surface area contributed by atoms with Crippen LogP contribution >= 0.6 is 0 Å². The van der Waals surface area contributed by atoms with Gasteiger partial charge in [-0.25, -0.2) is 0 Å². The molecule has 3 heteroatoms. The molecule has 0 saturated heterocycles. The summed E-state index contributed by atoms with van der Waals surface area (Å²) in [6, 6.07) is 0.182. The summed E-state index contributed by atoms with van der Waals surface area (Å²) in [7, 11) is 0. The maximum absolute atomic E-state index is 12.1. The molecule has 3 fully saturated rings. The van der Waals surface area contributed by atoms with E-state index in [1.54, 1.807) is 4.90 Å². The fourth-order valence-corrected chi connectivity index (χ4v) is 5.68. The zero-order valence-corrected chi connectivity index (χ0v) is 12.7. The highest BCUT2D eigenvalue weighted by Gasteiger charge is 2.46. The zero-order chi connectivity index (χ0) is 14.4. The van der Waals surface area contributed by atoms with Crippen molar-refractivity contribution in [3.05, 3.63) is 12.2 Å². The van der Waals surface area contributed by atoms with Gasteiger partial charge in [-0.05, 0) is 42.9 Å². The van der Waals surface area contributed by atoms with Crippen molar-refractivity contribution in [1.82, 2.24) is 4.90 Å². The summed E-state index contributed by atoms with van der Waals surface area (Å²) in [4.78, 5) is 25.7. The van der Waals surface area contributed by atoms with E-state index >= 15 is 0 Å². The van der Waals surface area contributed by atoms with Crippen LogP contribution in [0.1, 0.15) is 57.8 Å². The van der Waals surface area contributed by atoms with Gasteiger partial charge in [-0.2, -0.15) is 0 Å². The van der Waals surface area contributed by atoms with Crippen LogP contribution in [0, 0.1) is 23.7 Å². The van der Waals surface area contributed by atoms with E-state index in [0.29, 0.717) is 5.92 Å². The molecule has 3 saturated carbocycles. The molecule has 1 heterocycles. The summed E-state index contributed by atoms with van der Waals surface area (Å²) < 4.78 is 0. The van der Waals surface area contributed by atoms with Gasteiger partial charge in [0.05, 0.1) is 0 Å². The largest absolute Gasteiger partial charge is 0.272 e. The lowest BCUT2D eigenvalue weighted by atomic mass is 9.58. The van der Waals surface area contributed by atoms with Crippen molar-refractivity contribution in [2.24, 2.45) is 23.7 Å². The van der Waals surface area contributed by atoms with E-state index in [0.717, 1.165) is 24.2 Å². The highest BCUT2D eigenvalue weighted by atomic mass is 16.2. The summed E-state index contributed by atoms with van der Waals surface area (Å²) in [6.45, 7) is 0. The van der Waals surface area contributed by atoms with Crippen LogP contribution in [0.3, 0.4) is 0 Å². The first-order valence-electron chi connectivity index (χ1n) is 8.79. The fourth-order valence-electron chi connectivity index (χ4n) is 5.68. The molecule has 114 valence electrons. The monoisotopic (exact) mass is 287 g/mol. The van der Waals surface area contributed by atoms with Gasteiger partial charge in [-0.3, -0.25) is 14.5 Å². The first-order valence-corrected chi connectivity index (χ1v) is 8.79. The van der Waals surface area contributed by atoms with E-state index in [-0.39, 0.29) is 17.9 Å². The molecule has 4 rings (SSSR count). The highest BCUT2D eigenvalue weighted by Crippen LogP contribution is 2.51. The minimum Gasteiger partial charge on any atom is -0.272 e. The number of fused-ring (bicyclic) bond motifs is 2. The minimum absolute atomic E-state index is 0.0728. The molecule has 21 heavy (non-hydrogen) atoms. The third-order valence-corrected chi connectivity index (χ3v) is 6.60. The lowest BCUT2D eigenvalue weighted by Gasteiger charge is -2.50. The number of carbonyl (C=O) groups excluding carboxylic acids is 2. The Labute approximate surface area is 126 Å². The lowest BCUT2D eigenvalue weighted by Crippen LogP contribution is -2.51. The number of amides is 2. The van der Waals surface area contributed by atoms with Gasteiger partial charge in [-0.15, -0.1) is 0 Å². The van der Waals surface area contributed by atoms with Crippen LogP contribution in [0.4, 0.5) is 0 Å². The normalized spacial score (nSPS) is 42.9. The summed E-state index contributed by atoms with van der Waals surface area (Å²) in [5.74, 6) is 2.98. The highest BCUT2D eigenvalue weighted by molar-refractivity contribution is 6.13. The van der Waals surface area contributed by atoms with Gasteiger partial charge in [0, 0.05) is 18.2 Å². The molecule has 5 atom stereocenters. The predicted octanol–water partition coefficient (Wildman–Crippen LogP) is 3.30. The first-order chi connectivity index (χ1) is 10.2. The third kappa shape index (κ3) is 2.25. The second-order valence-corrected chi connectivity index (χ2v) is 7.58. The third-order valence-electron chi connectivity index (χ3n) is 6.60. The smallest absolute Gasteiger partial charge is 0.253 e. The van der Waals surface area contributed by atoms with Crippen molar-refractivity contribution in [3.63, 3.8) is 0 Å². The Kier molecular flexibility index (Phi) is 3.39. The number of carbonyl (C=O) groups is 2. The van der Waals surface area contributed by atoms with Crippen molar-refractivity contribution in [2.45, 2.75) is 63.8 Å². The molecule has 0 aromatic heterocycles. The van der Waals surface area contributed by atoms with E-state index in [4.69, 9.17) is 0 Å². The molecular formula is C18H25NO2. The quantitative estimate of drug-likeness (QED) is 0.694. The van der Waals surface area contributed by atoms with Gasteiger partial charge in [0.2, 0.25) is 0 Å². The molecule has 0 radical (unpaired) electrons. The first kappa shape index (κ1) is 13.5. The molecule has 3 aliphatic carbocycles. The van der Waals surface area contributed by atoms with Crippen molar-refractivity contribution < 1.29 is 9.59 Å². The van der Waals surface area contributed by atoms with Crippen LogP contribution in [0.25, 0.3) is 0 Å². The van der Waals surface area contributed by atoms with Gasteiger partial charge in [0.1, 0.15) is 0 Å². The minimum atomic E-state index is -0.0728. The van der Waals surface area contributed by atoms with E-state index in [9.17, 15) is 9.59 Å². The molecule has 0 N–H and O–H groups in total. The Hall–Kier alpha value is -1.12. The van der Waals surface area contributed by atoms with Crippen LogP contribution < -0.4 is 0 Å². The standard InChI is InChI=1S/C18H25NO2/c20-17-8-9-18(21)19(17)16-7-3-6-14-10-12-4-1-2-5-13(12)11-15(14)16/h8-9,12-16H,1-7,10-11H2. The Morgan fingerprint density at radius 2 is 1.38 bits per heavy atom. The Morgan fingerprint density at radius 3 is 2.10 bits per heavy atom. The van der Waals surface area contributed by atoms with Crippen LogP contribution in [0.5, 0.6) is 0 Å². The van der Waals surface area contributed by atoms with Gasteiger partial charge in [0.15, 0.2) is 0 Å². The molecule has 0 aromatic carbocycles. The molecule has 0 aromatic rings. The topological polar surface area (TPSA) is 37.4 Å². The number of nitrogens with zero attached hydrogens (tertiary/aromatic N) is 1. The van der Waals surface area contributed by atoms with Crippen molar-refractivity contribution in [3.8, 4) is 0 Å². The SMILES string of the molecule is O=C1C=CC(=O)N1C1CCCC2CC3CCCCC3CC21. The molecule has 2 amide bonds. The predicted molar refractivity (Wildman–Crippen MR) is 80.3 cm³/mol. The Morgan fingerprint density at radius 1 is 0.762 bits per heavy atom. The van der Waals surface area contributed by atoms with Crippen LogP contribution in [0.15, 0.2) is 12.2 Å². The lowest BCUT2D eigenvalue weighted by molar-refractivity contribution is -0.143. The molecule has 3 nitrogen and oxygen atoms in total. The second-order valence-electron chi connectivity index (χ2n) is 7.58. The van der Waals surface area contributed by atoms with Gasteiger partial charge < -0.3 is 0 Å². The van der Waals surface area contributed by atoms with Crippen LogP contribution in [-0.2, 0) is 9.59 Å². The maximum atomic E-state index is 12.1.